The summed E-state index contributed by atoms with van der Waals surface area (Å²) >= 11 is 0. The van der Waals surface area contributed by atoms with E-state index in [0.29, 0.717) is 0 Å². The second-order valence-electron chi connectivity index (χ2n) is 4.06. The highest BCUT2D eigenvalue weighted by molar-refractivity contribution is 6.02. The van der Waals surface area contributed by atoms with Crippen LogP contribution in [0.5, 0.6) is 0 Å². The first-order valence-corrected chi connectivity index (χ1v) is 5.11. The van der Waals surface area contributed by atoms with Gasteiger partial charge in [-0.25, -0.2) is 0 Å². The average Bonchev–Trinajstić information content (AvgIpc) is 2.45. The van der Waals surface area contributed by atoms with Gasteiger partial charge in [0.05, 0.1) is 12.7 Å². The molecule has 0 aromatic rings. The van der Waals surface area contributed by atoms with Crippen LogP contribution in [0.25, 0.3) is 0 Å². The predicted molar refractivity (Wildman–Crippen MR) is 54.4 cm³/mol. The monoisotopic (exact) mass is 226 g/mol. The second kappa shape index (κ2) is 3.78. The second-order valence-corrected chi connectivity index (χ2v) is 4.06. The molecule has 0 saturated heterocycles. The molecule has 0 amide bonds. The van der Waals surface area contributed by atoms with Crippen LogP contribution in [-0.4, -0.2) is 45.7 Å². The first-order valence-electron chi connectivity index (χ1n) is 5.11. The van der Waals surface area contributed by atoms with Crippen LogP contribution in [0.3, 0.4) is 0 Å². The summed E-state index contributed by atoms with van der Waals surface area (Å²) in [7, 11) is 0. The first-order chi connectivity index (χ1) is 7.50. The molecule has 0 radical (unpaired) electrons. The van der Waals surface area contributed by atoms with E-state index in [1.165, 1.54) is 6.08 Å². The molecule has 16 heavy (non-hydrogen) atoms. The Bertz CT molecular complexity index is 384. The molecule has 2 rings (SSSR count). The van der Waals surface area contributed by atoms with E-state index in [4.69, 9.17) is 4.74 Å². The zero-order chi connectivity index (χ0) is 11.9. The van der Waals surface area contributed by atoms with Crippen molar-refractivity contribution in [3.05, 3.63) is 23.3 Å². The van der Waals surface area contributed by atoms with Crippen LogP contribution < -0.4 is 0 Å². The van der Waals surface area contributed by atoms with Crippen LogP contribution in [0.15, 0.2) is 23.3 Å². The van der Waals surface area contributed by atoms with Gasteiger partial charge in [-0.15, -0.1) is 0 Å². The molecule has 5 heteroatoms. The molecule has 3 N–H and O–H groups in total. The summed E-state index contributed by atoms with van der Waals surface area (Å²) in [6.45, 7) is 1.46. The van der Waals surface area contributed by atoms with Crippen LogP contribution in [0.4, 0.5) is 0 Å². The maximum atomic E-state index is 11.7. The Morgan fingerprint density at radius 1 is 1.50 bits per heavy atom. The number of ketones is 1. The number of hydrogen-bond acceptors (Lipinski definition) is 5. The fourth-order valence-electron chi connectivity index (χ4n) is 2.20. The summed E-state index contributed by atoms with van der Waals surface area (Å²) in [6, 6.07) is 0. The third kappa shape index (κ3) is 1.44. The van der Waals surface area contributed by atoms with Gasteiger partial charge in [-0.3, -0.25) is 4.79 Å². The highest BCUT2D eigenvalue weighted by Gasteiger charge is 2.54. The molecule has 1 aliphatic heterocycles. The lowest BCUT2D eigenvalue weighted by molar-refractivity contribution is -0.157. The van der Waals surface area contributed by atoms with Crippen molar-refractivity contribution in [3.63, 3.8) is 0 Å². The zero-order valence-corrected chi connectivity index (χ0v) is 8.88. The lowest BCUT2D eigenvalue weighted by atomic mass is 9.89. The molecule has 2 aliphatic rings. The predicted octanol–water partition coefficient (Wildman–Crippen LogP) is -0.728. The molecule has 3 atom stereocenters. The minimum absolute atomic E-state index is 0.0804. The van der Waals surface area contributed by atoms with Gasteiger partial charge in [0.15, 0.2) is 12.1 Å². The maximum Gasteiger partial charge on any atom is 0.181 e. The van der Waals surface area contributed by atoms with Gasteiger partial charge in [-0.1, -0.05) is 12.2 Å². The van der Waals surface area contributed by atoms with Gasteiger partial charge in [-0.2, -0.15) is 0 Å². The standard InChI is InChI=1S/C11H14O5/c1-2-3-6-9-7(12)4-8(13)11(9,15)5-16-10(6)14/h2-3,8,10,13-15H,4-5H2,1H3. The third-order valence-electron chi connectivity index (χ3n) is 3.00. The van der Waals surface area contributed by atoms with Gasteiger partial charge in [0.1, 0.15) is 5.60 Å². The largest absolute Gasteiger partial charge is 0.389 e. The van der Waals surface area contributed by atoms with E-state index in [9.17, 15) is 20.1 Å². The number of Topliss-reactive ketones (excluding diaryl/α,β-unsaturated/α-hetero) is 1. The number of aliphatic hydroxyl groups excluding tert-OH is 2. The van der Waals surface area contributed by atoms with Crippen molar-refractivity contribution < 1.29 is 24.9 Å². The van der Waals surface area contributed by atoms with E-state index in [1.807, 2.05) is 0 Å². The van der Waals surface area contributed by atoms with E-state index in [0.717, 1.165) is 0 Å². The Labute approximate surface area is 92.7 Å². The minimum Gasteiger partial charge on any atom is -0.389 e. The summed E-state index contributed by atoms with van der Waals surface area (Å²) < 4.78 is 4.96. The fraction of sp³-hybridized carbons (Fsp3) is 0.545. The Morgan fingerprint density at radius 2 is 2.19 bits per heavy atom. The van der Waals surface area contributed by atoms with Gasteiger partial charge >= 0.3 is 0 Å². The molecule has 0 spiro atoms. The van der Waals surface area contributed by atoms with Crippen molar-refractivity contribution in [2.24, 2.45) is 0 Å². The molecule has 3 unspecified atom stereocenters. The molecule has 0 aromatic heterocycles. The van der Waals surface area contributed by atoms with E-state index < -0.39 is 18.0 Å². The molecular weight excluding hydrogens is 212 g/mol. The van der Waals surface area contributed by atoms with Crippen molar-refractivity contribution in [2.75, 3.05) is 6.61 Å². The van der Waals surface area contributed by atoms with Crippen molar-refractivity contribution in [1.82, 2.24) is 0 Å². The number of aliphatic hydroxyl groups is 3. The summed E-state index contributed by atoms with van der Waals surface area (Å²) in [6.07, 6.45) is 0.630. The summed E-state index contributed by atoms with van der Waals surface area (Å²) in [5.41, 5.74) is -1.36. The van der Waals surface area contributed by atoms with Crippen molar-refractivity contribution in [1.29, 1.82) is 0 Å². The molecular formula is C11H14O5. The average molecular weight is 226 g/mol. The molecule has 1 saturated carbocycles. The molecule has 1 aliphatic carbocycles. The van der Waals surface area contributed by atoms with Crippen LogP contribution in [0.1, 0.15) is 13.3 Å². The lowest BCUT2D eigenvalue weighted by Gasteiger charge is -2.34. The quantitative estimate of drug-likeness (QED) is 0.549. The number of allylic oxidation sites excluding steroid dienone is 1. The van der Waals surface area contributed by atoms with Gasteiger partial charge < -0.3 is 20.1 Å². The zero-order valence-electron chi connectivity index (χ0n) is 8.88. The number of carbonyl (C=O) groups excluding carboxylic acids is 1. The summed E-state index contributed by atoms with van der Waals surface area (Å²) in [5, 5.41) is 29.4. The van der Waals surface area contributed by atoms with Gasteiger partial charge in [0, 0.05) is 17.6 Å². The van der Waals surface area contributed by atoms with E-state index in [-0.39, 0.29) is 30.0 Å². The number of fused-ring (bicyclic) bond motifs is 1. The number of hydrogen-bond donors (Lipinski definition) is 3. The summed E-state index contributed by atoms with van der Waals surface area (Å²) in [5.74, 6) is -0.342. The van der Waals surface area contributed by atoms with Gasteiger partial charge in [0.25, 0.3) is 0 Å². The number of rotatable bonds is 1. The van der Waals surface area contributed by atoms with Crippen LogP contribution in [-0.2, 0) is 9.53 Å². The molecule has 1 heterocycles. The SMILES string of the molecule is CC=CC1=C2C(=O)CC(O)C2(O)COC1O. The number of ether oxygens (including phenoxy) is 1. The Hall–Kier alpha value is -1.01. The van der Waals surface area contributed by atoms with E-state index >= 15 is 0 Å². The van der Waals surface area contributed by atoms with E-state index in [2.05, 4.69) is 0 Å². The van der Waals surface area contributed by atoms with Crippen molar-refractivity contribution in [3.8, 4) is 0 Å². The van der Waals surface area contributed by atoms with Crippen molar-refractivity contribution in [2.45, 2.75) is 31.3 Å². The minimum atomic E-state index is -1.68. The topological polar surface area (TPSA) is 87.0 Å². The Morgan fingerprint density at radius 3 is 2.81 bits per heavy atom. The fourth-order valence-corrected chi connectivity index (χ4v) is 2.20. The lowest BCUT2D eigenvalue weighted by Crippen LogP contribution is -2.49. The smallest absolute Gasteiger partial charge is 0.181 e. The highest BCUT2D eigenvalue weighted by Crippen LogP contribution is 2.39. The summed E-state index contributed by atoms with van der Waals surface area (Å²) in [4.78, 5) is 11.7. The number of carbonyl (C=O) groups is 1. The van der Waals surface area contributed by atoms with Crippen LogP contribution >= 0.6 is 0 Å². The Balaban J connectivity index is 2.58. The molecule has 0 bridgehead atoms. The van der Waals surface area contributed by atoms with Gasteiger partial charge in [-0.05, 0) is 6.92 Å². The normalized spacial score (nSPS) is 39.6. The van der Waals surface area contributed by atoms with Crippen LogP contribution in [0.2, 0.25) is 0 Å². The first kappa shape index (κ1) is 11.5. The van der Waals surface area contributed by atoms with Crippen molar-refractivity contribution >= 4 is 5.78 Å². The maximum absolute atomic E-state index is 11.7. The highest BCUT2D eigenvalue weighted by atomic mass is 16.6. The molecule has 5 nitrogen and oxygen atoms in total. The van der Waals surface area contributed by atoms with E-state index in [1.54, 1.807) is 13.0 Å². The van der Waals surface area contributed by atoms with Gasteiger partial charge in [0.2, 0.25) is 0 Å². The third-order valence-corrected chi connectivity index (χ3v) is 3.00. The molecule has 88 valence electrons. The Kier molecular flexibility index (Phi) is 2.71. The van der Waals surface area contributed by atoms with Crippen LogP contribution in [0, 0.1) is 0 Å². The molecule has 1 fully saturated rings. The molecule has 0 aromatic carbocycles.